The Hall–Kier alpha value is -3.12. The van der Waals surface area contributed by atoms with Crippen LogP contribution in [0.4, 0.5) is 5.69 Å². The lowest BCUT2D eigenvalue weighted by atomic mass is 10.0. The van der Waals surface area contributed by atoms with E-state index in [1.165, 1.54) is 0 Å². The molecule has 1 aromatic heterocycles. The zero-order valence-corrected chi connectivity index (χ0v) is 16.3. The third-order valence-electron chi connectivity index (χ3n) is 4.46. The van der Waals surface area contributed by atoms with Crippen LogP contribution >= 0.6 is 11.8 Å². The lowest BCUT2D eigenvalue weighted by Gasteiger charge is -2.09. The first kappa shape index (κ1) is 18.3. The van der Waals surface area contributed by atoms with Crippen LogP contribution in [-0.4, -0.2) is 21.1 Å². The van der Waals surface area contributed by atoms with E-state index in [9.17, 15) is 4.79 Å². The van der Waals surface area contributed by atoms with Gasteiger partial charge in [0.05, 0.1) is 0 Å². The highest BCUT2D eigenvalue weighted by Crippen LogP contribution is 2.22. The molecule has 1 amide bonds. The number of aryl methyl sites for hydroxylation is 1. The summed E-state index contributed by atoms with van der Waals surface area (Å²) in [4.78, 5) is 17.1. The van der Waals surface area contributed by atoms with Gasteiger partial charge in [-0.2, -0.15) is 0 Å². The van der Waals surface area contributed by atoms with Crippen LogP contribution in [0.25, 0.3) is 10.8 Å². The average Bonchev–Trinajstić information content (AvgIpc) is 3.21. The van der Waals surface area contributed by atoms with Crippen molar-refractivity contribution in [2.75, 3.05) is 5.32 Å². The largest absolute Gasteiger partial charge is 0.322 e. The Balaban J connectivity index is 1.41. The molecule has 0 saturated heterocycles. The van der Waals surface area contributed by atoms with Gasteiger partial charge in [-0.25, -0.2) is 4.98 Å². The molecule has 0 fully saturated rings. The number of nitrogens with one attached hydrogen (secondary N) is 2. The zero-order valence-electron chi connectivity index (χ0n) is 15.5. The van der Waals surface area contributed by atoms with Gasteiger partial charge in [-0.3, -0.25) is 9.89 Å². The summed E-state index contributed by atoms with van der Waals surface area (Å²) < 4.78 is 0. The second kappa shape index (κ2) is 8.27. The number of fused-ring (bicyclic) bond motifs is 1. The average molecular weight is 388 g/mol. The van der Waals surface area contributed by atoms with Crippen molar-refractivity contribution in [3.05, 3.63) is 83.7 Å². The third-order valence-corrected chi connectivity index (χ3v) is 5.38. The maximum absolute atomic E-state index is 12.7. The Morgan fingerprint density at radius 1 is 1.04 bits per heavy atom. The van der Waals surface area contributed by atoms with Gasteiger partial charge in [-0.05, 0) is 34.5 Å². The number of hydrogen-bond acceptors (Lipinski definition) is 4. The Kier molecular flexibility index (Phi) is 5.39. The Bertz CT molecular complexity index is 1100. The second-order valence-electron chi connectivity index (χ2n) is 6.38. The molecule has 1 heterocycles. The molecule has 0 spiro atoms. The number of nitrogens with zero attached hydrogens (tertiary/aromatic N) is 2. The molecule has 0 aliphatic rings. The lowest BCUT2D eigenvalue weighted by Crippen LogP contribution is -2.12. The molecule has 4 aromatic rings. The van der Waals surface area contributed by atoms with Crippen LogP contribution in [0.1, 0.15) is 28.7 Å². The van der Waals surface area contributed by atoms with Gasteiger partial charge in [0, 0.05) is 23.4 Å². The van der Waals surface area contributed by atoms with Crippen molar-refractivity contribution in [1.29, 1.82) is 0 Å². The first-order valence-electron chi connectivity index (χ1n) is 9.15. The van der Waals surface area contributed by atoms with Gasteiger partial charge < -0.3 is 5.32 Å². The van der Waals surface area contributed by atoms with Crippen molar-refractivity contribution < 1.29 is 4.79 Å². The van der Waals surface area contributed by atoms with Crippen LogP contribution in [-0.2, 0) is 12.2 Å². The van der Waals surface area contributed by atoms with Crippen molar-refractivity contribution in [2.45, 2.75) is 24.3 Å². The summed E-state index contributed by atoms with van der Waals surface area (Å²) in [7, 11) is 0. The first-order valence-corrected chi connectivity index (χ1v) is 10.1. The number of anilines is 1. The van der Waals surface area contributed by atoms with Crippen molar-refractivity contribution in [3.63, 3.8) is 0 Å². The quantitative estimate of drug-likeness (QED) is 0.453. The highest BCUT2D eigenvalue weighted by molar-refractivity contribution is 7.98. The highest BCUT2D eigenvalue weighted by Gasteiger charge is 2.10. The summed E-state index contributed by atoms with van der Waals surface area (Å²) in [6, 6.07) is 21.5. The van der Waals surface area contributed by atoms with Crippen molar-refractivity contribution >= 4 is 34.1 Å². The van der Waals surface area contributed by atoms with Gasteiger partial charge in [0.25, 0.3) is 5.91 Å². The monoisotopic (exact) mass is 388 g/mol. The predicted octanol–water partition coefficient (Wildman–Crippen LogP) is 5.06. The summed E-state index contributed by atoms with van der Waals surface area (Å²) in [5.74, 6) is 1.57. The van der Waals surface area contributed by atoms with Crippen LogP contribution in [0.2, 0.25) is 0 Å². The van der Waals surface area contributed by atoms with E-state index < -0.39 is 0 Å². The molecule has 5 nitrogen and oxygen atoms in total. The summed E-state index contributed by atoms with van der Waals surface area (Å²) in [5.41, 5.74) is 2.60. The molecule has 0 aliphatic heterocycles. The number of carbonyl (C=O) groups is 1. The van der Waals surface area contributed by atoms with E-state index in [4.69, 9.17) is 0 Å². The van der Waals surface area contributed by atoms with E-state index in [1.54, 1.807) is 11.8 Å². The van der Waals surface area contributed by atoms with Crippen molar-refractivity contribution in [2.24, 2.45) is 0 Å². The van der Waals surface area contributed by atoms with E-state index in [1.807, 2.05) is 73.7 Å². The fourth-order valence-electron chi connectivity index (χ4n) is 2.95. The van der Waals surface area contributed by atoms with Crippen molar-refractivity contribution in [3.8, 4) is 0 Å². The summed E-state index contributed by atoms with van der Waals surface area (Å²) in [5, 5.41) is 12.9. The number of H-pyrrole nitrogens is 1. The Morgan fingerprint density at radius 2 is 1.82 bits per heavy atom. The number of carbonyl (C=O) groups excluding carboxylic acids is 1. The van der Waals surface area contributed by atoms with E-state index in [-0.39, 0.29) is 5.91 Å². The molecular weight excluding hydrogens is 368 g/mol. The molecule has 0 atom stereocenters. The third kappa shape index (κ3) is 4.07. The number of amides is 1. The molecule has 4 rings (SSSR count). The van der Waals surface area contributed by atoms with E-state index >= 15 is 0 Å². The van der Waals surface area contributed by atoms with Gasteiger partial charge in [-0.1, -0.05) is 67.2 Å². The van der Waals surface area contributed by atoms with Crippen LogP contribution in [0.3, 0.4) is 0 Å². The van der Waals surface area contributed by atoms with Gasteiger partial charge >= 0.3 is 0 Å². The van der Waals surface area contributed by atoms with Crippen LogP contribution in [0.5, 0.6) is 0 Å². The summed E-state index contributed by atoms with van der Waals surface area (Å²) in [6.07, 6.45) is 0.846. The van der Waals surface area contributed by atoms with Gasteiger partial charge in [0.1, 0.15) is 5.82 Å². The molecule has 28 heavy (non-hydrogen) atoms. The molecule has 0 unspecified atom stereocenters. The molecular formula is C22H20N4OS. The number of benzene rings is 3. The summed E-state index contributed by atoms with van der Waals surface area (Å²) in [6.45, 7) is 2.04. The van der Waals surface area contributed by atoms with Gasteiger partial charge in [0.2, 0.25) is 5.16 Å². The molecule has 0 bridgehead atoms. The minimum Gasteiger partial charge on any atom is -0.322 e. The minimum absolute atomic E-state index is 0.105. The molecule has 6 heteroatoms. The van der Waals surface area contributed by atoms with Crippen LogP contribution in [0, 0.1) is 0 Å². The molecule has 0 radical (unpaired) electrons. The molecule has 0 aliphatic carbocycles. The Morgan fingerprint density at radius 3 is 2.61 bits per heavy atom. The molecule has 3 aromatic carbocycles. The van der Waals surface area contributed by atoms with Gasteiger partial charge in [0.15, 0.2) is 0 Å². The maximum atomic E-state index is 12.7. The van der Waals surface area contributed by atoms with Crippen LogP contribution < -0.4 is 5.32 Å². The fraction of sp³-hybridized carbons (Fsp3) is 0.136. The van der Waals surface area contributed by atoms with E-state index in [0.717, 1.165) is 45.2 Å². The topological polar surface area (TPSA) is 70.7 Å². The number of thioether (sulfide) groups is 1. The number of aromatic nitrogens is 3. The number of aromatic amines is 1. The summed E-state index contributed by atoms with van der Waals surface area (Å²) >= 11 is 1.59. The SMILES string of the molecule is CCc1nc(SCc2ccc(NC(=O)c3cccc4ccccc34)cc2)n[nH]1. The van der Waals surface area contributed by atoms with Gasteiger partial charge in [-0.15, -0.1) is 5.10 Å². The highest BCUT2D eigenvalue weighted by atomic mass is 32.2. The number of rotatable bonds is 6. The standard InChI is InChI=1S/C22H20N4OS/c1-2-20-24-22(26-25-20)28-14-15-10-12-17(13-11-15)23-21(27)19-9-5-7-16-6-3-4-8-18(16)19/h3-13H,2,14H2,1H3,(H,23,27)(H,24,25,26). The maximum Gasteiger partial charge on any atom is 0.256 e. The molecule has 140 valence electrons. The predicted molar refractivity (Wildman–Crippen MR) is 114 cm³/mol. The first-order chi connectivity index (χ1) is 13.7. The number of hydrogen-bond donors (Lipinski definition) is 2. The van der Waals surface area contributed by atoms with E-state index in [0.29, 0.717) is 5.56 Å². The normalized spacial score (nSPS) is 10.9. The minimum atomic E-state index is -0.105. The van der Waals surface area contributed by atoms with E-state index in [2.05, 4.69) is 20.5 Å². The zero-order chi connectivity index (χ0) is 19.3. The lowest BCUT2D eigenvalue weighted by molar-refractivity contribution is 0.102. The smallest absolute Gasteiger partial charge is 0.256 e. The fourth-order valence-corrected chi connectivity index (χ4v) is 3.73. The second-order valence-corrected chi connectivity index (χ2v) is 7.33. The van der Waals surface area contributed by atoms with Crippen molar-refractivity contribution in [1.82, 2.24) is 15.2 Å². The Labute approximate surface area is 167 Å². The molecule has 0 saturated carbocycles. The molecule has 2 N–H and O–H groups in total. The van der Waals surface area contributed by atoms with Crippen LogP contribution in [0.15, 0.2) is 71.9 Å².